The lowest BCUT2D eigenvalue weighted by Crippen LogP contribution is -2.22. The summed E-state index contributed by atoms with van der Waals surface area (Å²) >= 11 is 0. The Morgan fingerprint density at radius 2 is 2.21 bits per heavy atom. The molecule has 1 saturated heterocycles. The molecule has 1 aliphatic carbocycles. The predicted octanol–water partition coefficient (Wildman–Crippen LogP) is 0.415. The summed E-state index contributed by atoms with van der Waals surface area (Å²) < 4.78 is 0. The van der Waals surface area contributed by atoms with Crippen molar-refractivity contribution in [3.8, 4) is 0 Å². The molecule has 0 aromatic carbocycles. The smallest absolute Gasteiger partial charge is 0.223 e. The van der Waals surface area contributed by atoms with Crippen LogP contribution in [0.4, 0.5) is 5.95 Å². The van der Waals surface area contributed by atoms with Crippen LogP contribution in [0.5, 0.6) is 0 Å². The normalized spacial score (nSPS) is 33.9. The number of fused-ring (bicyclic) bond motifs is 1. The Hall–Kier alpha value is -1.16. The number of piperidine rings is 1. The molecular weight excluding hydrogens is 176 g/mol. The molecule has 0 radical (unpaired) electrons. The first-order chi connectivity index (χ1) is 6.84. The van der Waals surface area contributed by atoms with Gasteiger partial charge in [-0.1, -0.05) is 0 Å². The van der Waals surface area contributed by atoms with E-state index in [2.05, 4.69) is 20.6 Å². The zero-order valence-corrected chi connectivity index (χ0v) is 8.20. The highest BCUT2D eigenvalue weighted by Gasteiger charge is 2.53. The Morgan fingerprint density at radius 1 is 1.43 bits per heavy atom. The number of aromatic nitrogens is 2. The van der Waals surface area contributed by atoms with Gasteiger partial charge in [0.05, 0.1) is 0 Å². The molecule has 2 unspecified atom stereocenters. The fraction of sp³-hybridized carbons (Fsp3) is 0.600. The maximum absolute atomic E-state index is 4.34. The quantitative estimate of drug-likeness (QED) is 0.709. The van der Waals surface area contributed by atoms with E-state index in [0.29, 0.717) is 6.04 Å². The summed E-state index contributed by atoms with van der Waals surface area (Å²) in [5, 5.41) is 6.76. The molecule has 4 nitrogen and oxygen atoms in total. The van der Waals surface area contributed by atoms with Gasteiger partial charge < -0.3 is 10.6 Å². The van der Waals surface area contributed by atoms with Crippen molar-refractivity contribution in [1.82, 2.24) is 15.3 Å². The highest BCUT2D eigenvalue weighted by atomic mass is 15.2. The van der Waals surface area contributed by atoms with Gasteiger partial charge >= 0.3 is 0 Å². The molecule has 1 aromatic rings. The topological polar surface area (TPSA) is 49.8 Å². The number of nitrogens with one attached hydrogen (secondary N) is 2. The molecule has 2 heterocycles. The van der Waals surface area contributed by atoms with E-state index in [1.165, 1.54) is 0 Å². The number of hydrogen-bond donors (Lipinski definition) is 2. The van der Waals surface area contributed by atoms with Gasteiger partial charge in [0.25, 0.3) is 0 Å². The molecule has 4 heteroatoms. The largest absolute Gasteiger partial charge is 0.351 e. The van der Waals surface area contributed by atoms with Crippen molar-refractivity contribution in [3.05, 3.63) is 18.0 Å². The standard InChI is InChI=1S/C10H14N4/c1-6-2-3-12-10(13-6)14-9-7-4-11-5-8(7)9/h2-3,7-9,11H,4-5H2,1H3,(H,12,13,14). The zero-order chi connectivity index (χ0) is 9.54. The van der Waals surface area contributed by atoms with Gasteiger partial charge in [-0.2, -0.15) is 0 Å². The van der Waals surface area contributed by atoms with E-state index in [0.717, 1.165) is 36.6 Å². The van der Waals surface area contributed by atoms with E-state index in [9.17, 15) is 0 Å². The summed E-state index contributed by atoms with van der Waals surface area (Å²) in [6.45, 7) is 4.28. The minimum Gasteiger partial charge on any atom is -0.351 e. The van der Waals surface area contributed by atoms with Gasteiger partial charge in [0.1, 0.15) is 0 Å². The van der Waals surface area contributed by atoms with Crippen molar-refractivity contribution >= 4 is 5.95 Å². The summed E-state index contributed by atoms with van der Waals surface area (Å²) in [6.07, 6.45) is 1.81. The monoisotopic (exact) mass is 190 g/mol. The summed E-state index contributed by atoms with van der Waals surface area (Å²) in [5.74, 6) is 2.39. The second-order valence-electron chi connectivity index (χ2n) is 4.18. The van der Waals surface area contributed by atoms with Crippen LogP contribution >= 0.6 is 0 Å². The molecule has 1 aromatic heterocycles. The van der Waals surface area contributed by atoms with Crippen molar-refractivity contribution in [2.45, 2.75) is 13.0 Å². The molecule has 2 N–H and O–H groups in total. The van der Waals surface area contributed by atoms with Gasteiger partial charge in [0, 0.05) is 31.0 Å². The van der Waals surface area contributed by atoms with E-state index >= 15 is 0 Å². The molecule has 14 heavy (non-hydrogen) atoms. The van der Waals surface area contributed by atoms with Gasteiger partial charge in [-0.05, 0) is 24.8 Å². The van der Waals surface area contributed by atoms with Crippen LogP contribution < -0.4 is 10.6 Å². The number of aryl methyl sites for hydroxylation is 1. The maximum atomic E-state index is 4.34. The SMILES string of the molecule is Cc1ccnc(NC2C3CNCC32)n1. The zero-order valence-electron chi connectivity index (χ0n) is 8.20. The highest BCUT2D eigenvalue weighted by Crippen LogP contribution is 2.43. The third kappa shape index (κ3) is 1.26. The Morgan fingerprint density at radius 3 is 2.93 bits per heavy atom. The first-order valence-corrected chi connectivity index (χ1v) is 5.11. The summed E-state index contributed by atoms with van der Waals surface area (Å²) in [7, 11) is 0. The molecule has 74 valence electrons. The lowest BCUT2D eigenvalue weighted by molar-refractivity contribution is 0.693. The fourth-order valence-corrected chi connectivity index (χ4v) is 2.30. The fourth-order valence-electron chi connectivity index (χ4n) is 2.30. The van der Waals surface area contributed by atoms with Gasteiger partial charge in [-0.25, -0.2) is 9.97 Å². The second kappa shape index (κ2) is 2.92. The van der Waals surface area contributed by atoms with Crippen LogP contribution in [0.1, 0.15) is 5.69 Å². The number of rotatable bonds is 2. The molecule has 1 aliphatic heterocycles. The Balaban J connectivity index is 1.68. The number of nitrogens with zero attached hydrogens (tertiary/aromatic N) is 2. The average Bonchev–Trinajstić information content (AvgIpc) is 2.62. The van der Waals surface area contributed by atoms with Crippen LogP contribution in [0, 0.1) is 18.8 Å². The minimum absolute atomic E-state index is 0.609. The van der Waals surface area contributed by atoms with Crippen molar-refractivity contribution < 1.29 is 0 Å². The van der Waals surface area contributed by atoms with Crippen molar-refractivity contribution in [2.24, 2.45) is 11.8 Å². The van der Waals surface area contributed by atoms with Crippen LogP contribution in [-0.4, -0.2) is 29.1 Å². The summed E-state index contributed by atoms with van der Waals surface area (Å²) in [6, 6.07) is 2.53. The summed E-state index contributed by atoms with van der Waals surface area (Å²) in [5.41, 5.74) is 1.02. The predicted molar refractivity (Wildman–Crippen MR) is 54.0 cm³/mol. The highest BCUT2D eigenvalue weighted by molar-refractivity contribution is 5.32. The molecule has 1 saturated carbocycles. The maximum Gasteiger partial charge on any atom is 0.223 e. The van der Waals surface area contributed by atoms with Crippen molar-refractivity contribution in [2.75, 3.05) is 18.4 Å². The molecule has 2 fully saturated rings. The van der Waals surface area contributed by atoms with E-state index in [1.807, 2.05) is 13.0 Å². The minimum atomic E-state index is 0.609. The lowest BCUT2D eigenvalue weighted by atomic mass is 10.4. The van der Waals surface area contributed by atoms with Crippen LogP contribution in [0.15, 0.2) is 12.3 Å². The van der Waals surface area contributed by atoms with E-state index < -0.39 is 0 Å². The van der Waals surface area contributed by atoms with E-state index in [4.69, 9.17) is 0 Å². The van der Waals surface area contributed by atoms with Crippen molar-refractivity contribution in [3.63, 3.8) is 0 Å². The average molecular weight is 190 g/mol. The second-order valence-corrected chi connectivity index (χ2v) is 4.18. The van der Waals surface area contributed by atoms with Gasteiger partial charge in [-0.3, -0.25) is 0 Å². The summed E-state index contributed by atoms with van der Waals surface area (Å²) in [4.78, 5) is 8.54. The first kappa shape index (κ1) is 8.17. The van der Waals surface area contributed by atoms with Crippen molar-refractivity contribution in [1.29, 1.82) is 0 Å². The van der Waals surface area contributed by atoms with Crippen LogP contribution in [0.3, 0.4) is 0 Å². The first-order valence-electron chi connectivity index (χ1n) is 5.11. The third-order valence-electron chi connectivity index (χ3n) is 3.18. The van der Waals surface area contributed by atoms with E-state index in [1.54, 1.807) is 6.20 Å². The molecule has 3 rings (SSSR count). The van der Waals surface area contributed by atoms with E-state index in [-0.39, 0.29) is 0 Å². The van der Waals surface area contributed by atoms with Crippen LogP contribution in [0.25, 0.3) is 0 Å². The van der Waals surface area contributed by atoms with Crippen LogP contribution in [0.2, 0.25) is 0 Å². The number of hydrogen-bond acceptors (Lipinski definition) is 4. The third-order valence-corrected chi connectivity index (χ3v) is 3.18. The van der Waals surface area contributed by atoms with Crippen LogP contribution in [-0.2, 0) is 0 Å². The van der Waals surface area contributed by atoms with Gasteiger partial charge in [0.15, 0.2) is 0 Å². The molecular formula is C10H14N4. The Kier molecular flexibility index (Phi) is 1.70. The molecule has 0 spiro atoms. The Bertz CT molecular complexity index is 342. The van der Waals surface area contributed by atoms with Gasteiger partial charge in [-0.15, -0.1) is 0 Å². The molecule has 2 atom stereocenters. The molecule has 0 amide bonds. The molecule has 2 aliphatic rings. The Labute approximate surface area is 83.1 Å². The lowest BCUT2D eigenvalue weighted by Gasteiger charge is -2.07. The number of anilines is 1. The van der Waals surface area contributed by atoms with Gasteiger partial charge in [0.2, 0.25) is 5.95 Å². The molecule has 0 bridgehead atoms.